The van der Waals surface area contributed by atoms with Crippen LogP contribution in [0.2, 0.25) is 0 Å². The molecular formula is C27H35FN6O3S. The van der Waals surface area contributed by atoms with Gasteiger partial charge < -0.3 is 14.7 Å². The van der Waals surface area contributed by atoms with E-state index in [1.54, 1.807) is 49.4 Å². The number of nitrogens with one attached hydrogen (secondary N) is 1. The molecule has 1 aromatic heterocycles. The van der Waals surface area contributed by atoms with Crippen LogP contribution in [0, 0.1) is 12.7 Å². The van der Waals surface area contributed by atoms with E-state index in [0.717, 1.165) is 36.3 Å². The zero-order chi connectivity index (χ0) is 26.9. The van der Waals surface area contributed by atoms with Gasteiger partial charge in [0.2, 0.25) is 5.91 Å². The van der Waals surface area contributed by atoms with Gasteiger partial charge in [0.05, 0.1) is 4.90 Å². The molecule has 1 fully saturated rings. The number of sulfonamides is 1. The lowest BCUT2D eigenvalue weighted by Crippen LogP contribution is -2.55. The third kappa shape index (κ3) is 5.42. The molecule has 0 radical (unpaired) electrons. The maximum Gasteiger partial charge on any atom is 0.263 e. The van der Waals surface area contributed by atoms with Gasteiger partial charge in [0.15, 0.2) is 0 Å². The van der Waals surface area contributed by atoms with Crippen LogP contribution < -0.4 is 14.5 Å². The number of rotatable bonds is 6. The van der Waals surface area contributed by atoms with Crippen LogP contribution in [0.4, 0.5) is 21.6 Å². The zero-order valence-corrected chi connectivity index (χ0v) is 22.3. The van der Waals surface area contributed by atoms with E-state index >= 15 is 0 Å². The molecule has 0 aliphatic carbocycles. The maximum absolute atomic E-state index is 13.7. The number of carbonyl (C=O) groups excluding carboxylic acids is 1. The SMILES string of the molecule is Cc1cc(NS(=O)(=O)c2ccc(N3CCN(C(=O)[C@@H](C)N4CCCc5cc(F)ccc54)CC3)cc2)ncn1.[HH].[HH]. The van der Waals surface area contributed by atoms with Crippen molar-refractivity contribution < 1.29 is 20.5 Å². The van der Waals surface area contributed by atoms with Gasteiger partial charge in [0, 0.05) is 58.7 Å². The Kier molecular flexibility index (Phi) is 7.20. The van der Waals surface area contributed by atoms with E-state index in [1.165, 1.54) is 12.4 Å². The minimum Gasteiger partial charge on any atom is -0.368 e. The second kappa shape index (κ2) is 10.6. The number of amides is 1. The van der Waals surface area contributed by atoms with Gasteiger partial charge in [0.1, 0.15) is 24.0 Å². The molecule has 0 bridgehead atoms. The van der Waals surface area contributed by atoms with E-state index in [4.69, 9.17) is 0 Å². The van der Waals surface area contributed by atoms with Crippen molar-refractivity contribution in [3.05, 3.63) is 71.9 Å². The second-order valence-corrected chi connectivity index (χ2v) is 11.4. The molecule has 0 unspecified atom stereocenters. The highest BCUT2D eigenvalue weighted by Crippen LogP contribution is 2.30. The minimum atomic E-state index is -3.78. The van der Waals surface area contributed by atoms with Gasteiger partial charge in [-0.3, -0.25) is 9.52 Å². The normalized spacial score (nSPS) is 16.7. The number of fused-ring (bicyclic) bond motifs is 1. The Balaban J connectivity index is 0.00000220. The van der Waals surface area contributed by atoms with Gasteiger partial charge in [0.25, 0.3) is 10.0 Å². The summed E-state index contributed by atoms with van der Waals surface area (Å²) in [5, 5.41) is 0. The molecule has 2 aliphatic rings. The summed E-state index contributed by atoms with van der Waals surface area (Å²) in [6.07, 6.45) is 3.02. The summed E-state index contributed by atoms with van der Waals surface area (Å²) in [4.78, 5) is 27.5. The second-order valence-electron chi connectivity index (χ2n) is 9.70. The van der Waals surface area contributed by atoms with Gasteiger partial charge in [-0.1, -0.05) is 0 Å². The van der Waals surface area contributed by atoms with Crippen LogP contribution in [0.3, 0.4) is 0 Å². The Hall–Kier alpha value is -3.73. The lowest BCUT2D eigenvalue weighted by molar-refractivity contribution is -0.132. The first-order chi connectivity index (χ1) is 18.2. The van der Waals surface area contributed by atoms with Crippen LogP contribution >= 0.6 is 0 Å². The van der Waals surface area contributed by atoms with E-state index in [1.807, 2.05) is 11.8 Å². The summed E-state index contributed by atoms with van der Waals surface area (Å²) >= 11 is 0. The number of halogens is 1. The van der Waals surface area contributed by atoms with Crippen molar-refractivity contribution in [1.82, 2.24) is 14.9 Å². The molecule has 1 N–H and O–H groups in total. The predicted octanol–water partition coefficient (Wildman–Crippen LogP) is 3.71. The van der Waals surface area contributed by atoms with Crippen LogP contribution in [-0.2, 0) is 21.2 Å². The van der Waals surface area contributed by atoms with Crippen molar-refractivity contribution >= 4 is 33.1 Å². The van der Waals surface area contributed by atoms with Gasteiger partial charge in [-0.25, -0.2) is 22.8 Å². The van der Waals surface area contributed by atoms with Crippen LogP contribution in [-0.4, -0.2) is 68.0 Å². The number of carbonyl (C=O) groups is 1. The summed E-state index contributed by atoms with van der Waals surface area (Å²) in [6, 6.07) is 12.7. The highest BCUT2D eigenvalue weighted by atomic mass is 32.2. The first-order valence-corrected chi connectivity index (χ1v) is 14.2. The van der Waals surface area contributed by atoms with Crippen LogP contribution in [0.25, 0.3) is 0 Å². The fraction of sp³-hybridized carbons (Fsp3) is 0.370. The Morgan fingerprint density at radius 2 is 1.76 bits per heavy atom. The Morgan fingerprint density at radius 1 is 1.03 bits per heavy atom. The third-order valence-electron chi connectivity index (χ3n) is 7.17. The molecule has 0 spiro atoms. The first-order valence-electron chi connectivity index (χ1n) is 12.7. The van der Waals surface area contributed by atoms with Crippen molar-refractivity contribution in [1.29, 1.82) is 0 Å². The standard InChI is InChI=1S/C27H31FN6O3S.2H2/c1-19-16-26(30-18-29-19)31-38(36,37)24-8-6-23(7-9-24)32-12-14-33(15-13-32)27(35)20(2)34-11-3-4-21-17-22(28)5-10-25(21)34;;/h5-10,16-18,20H,3-4,11-15H2,1-2H3,(H,29,30,31);2*1H/t20-;;/m1../s1. The topological polar surface area (TPSA) is 98.7 Å². The van der Waals surface area contributed by atoms with Crippen molar-refractivity contribution in [2.75, 3.05) is 47.2 Å². The van der Waals surface area contributed by atoms with E-state index in [2.05, 4.69) is 24.5 Å². The van der Waals surface area contributed by atoms with E-state index in [9.17, 15) is 17.6 Å². The molecule has 1 amide bonds. The predicted molar refractivity (Wildman–Crippen MR) is 149 cm³/mol. The number of hydrogen-bond acceptors (Lipinski definition) is 7. The highest BCUT2D eigenvalue weighted by Gasteiger charge is 2.31. The average molecular weight is 543 g/mol. The number of nitrogens with zero attached hydrogens (tertiary/aromatic N) is 5. The number of piperazine rings is 1. The fourth-order valence-electron chi connectivity index (χ4n) is 5.12. The lowest BCUT2D eigenvalue weighted by Gasteiger charge is -2.41. The number of aryl methyl sites for hydroxylation is 2. The Labute approximate surface area is 225 Å². The minimum absolute atomic E-state index is 0. The van der Waals surface area contributed by atoms with Gasteiger partial charge in [-0.2, -0.15) is 0 Å². The molecule has 1 saturated heterocycles. The molecule has 3 aromatic rings. The number of benzene rings is 2. The number of hydrogen-bond donors (Lipinski definition) is 1. The molecule has 2 aliphatic heterocycles. The molecular weight excluding hydrogens is 507 g/mol. The Morgan fingerprint density at radius 3 is 2.47 bits per heavy atom. The van der Waals surface area contributed by atoms with Crippen LogP contribution in [0.15, 0.2) is 59.8 Å². The van der Waals surface area contributed by atoms with Crippen molar-refractivity contribution in [2.45, 2.75) is 37.6 Å². The number of aromatic nitrogens is 2. The number of anilines is 3. The van der Waals surface area contributed by atoms with Gasteiger partial charge in [-0.15, -0.1) is 0 Å². The summed E-state index contributed by atoms with van der Waals surface area (Å²) < 4.78 is 41.7. The zero-order valence-electron chi connectivity index (χ0n) is 21.5. The van der Waals surface area contributed by atoms with Crippen molar-refractivity contribution in [3.8, 4) is 0 Å². The van der Waals surface area contributed by atoms with Gasteiger partial charge >= 0.3 is 0 Å². The fourth-order valence-corrected chi connectivity index (χ4v) is 6.12. The summed E-state index contributed by atoms with van der Waals surface area (Å²) in [6.45, 7) is 6.88. The van der Waals surface area contributed by atoms with E-state index in [-0.39, 0.29) is 31.3 Å². The third-order valence-corrected chi connectivity index (χ3v) is 8.54. The van der Waals surface area contributed by atoms with Crippen LogP contribution in [0.5, 0.6) is 0 Å². The average Bonchev–Trinajstić information content (AvgIpc) is 2.91. The molecule has 1 atom stereocenters. The molecule has 204 valence electrons. The largest absolute Gasteiger partial charge is 0.368 e. The monoisotopic (exact) mass is 542 g/mol. The lowest BCUT2D eigenvalue weighted by atomic mass is 9.99. The molecule has 9 nitrogen and oxygen atoms in total. The molecule has 38 heavy (non-hydrogen) atoms. The Bertz CT molecular complexity index is 1440. The smallest absolute Gasteiger partial charge is 0.263 e. The van der Waals surface area contributed by atoms with Crippen molar-refractivity contribution in [3.63, 3.8) is 0 Å². The molecule has 0 saturated carbocycles. The van der Waals surface area contributed by atoms with E-state index < -0.39 is 10.0 Å². The molecule has 2 aromatic carbocycles. The van der Waals surface area contributed by atoms with E-state index in [0.29, 0.717) is 31.9 Å². The van der Waals surface area contributed by atoms with Gasteiger partial charge in [-0.05, 0) is 74.7 Å². The summed E-state index contributed by atoms with van der Waals surface area (Å²) in [7, 11) is -3.78. The summed E-state index contributed by atoms with van der Waals surface area (Å²) in [5.41, 5.74) is 3.45. The van der Waals surface area contributed by atoms with Crippen molar-refractivity contribution in [2.24, 2.45) is 0 Å². The highest BCUT2D eigenvalue weighted by molar-refractivity contribution is 7.92. The summed E-state index contributed by atoms with van der Waals surface area (Å²) in [5.74, 6) is 0.0366. The molecule has 11 heteroatoms. The molecule has 3 heterocycles. The maximum atomic E-state index is 13.7. The van der Waals surface area contributed by atoms with Crippen LogP contribution in [0.1, 0.15) is 27.5 Å². The quantitative estimate of drug-likeness (QED) is 0.507. The first kappa shape index (κ1) is 25.9. The molecule has 5 rings (SSSR count).